The molecule has 0 saturated carbocycles. The summed E-state index contributed by atoms with van der Waals surface area (Å²) in [6, 6.07) is 4.82. The van der Waals surface area contributed by atoms with Crippen LogP contribution in [0.2, 0.25) is 5.02 Å². The van der Waals surface area contributed by atoms with Gasteiger partial charge >= 0.3 is 11.9 Å². The molecule has 2 rings (SSSR count). The van der Waals surface area contributed by atoms with Crippen molar-refractivity contribution in [3.05, 3.63) is 29.1 Å². The second-order valence-electron chi connectivity index (χ2n) is 3.06. The van der Waals surface area contributed by atoms with Crippen LogP contribution in [0.1, 0.15) is 10.7 Å². The van der Waals surface area contributed by atoms with E-state index >= 15 is 0 Å². The van der Waals surface area contributed by atoms with E-state index in [-0.39, 0.29) is 5.89 Å². The molecule has 7 heteroatoms. The maximum Gasteiger partial charge on any atom is 0.393 e. The first-order valence-corrected chi connectivity index (χ1v) is 4.90. The SMILES string of the molecule is COc1ccc(Cl)cc1-c1nnc(C(=O)O)o1. The molecule has 88 valence electrons. The average molecular weight is 255 g/mol. The second-order valence-corrected chi connectivity index (χ2v) is 3.50. The first kappa shape index (κ1) is 11.4. The zero-order valence-electron chi connectivity index (χ0n) is 8.68. The van der Waals surface area contributed by atoms with Crippen molar-refractivity contribution in [2.24, 2.45) is 0 Å². The molecule has 0 bridgehead atoms. The predicted octanol–water partition coefficient (Wildman–Crippen LogP) is 2.10. The van der Waals surface area contributed by atoms with Crippen LogP contribution in [0.3, 0.4) is 0 Å². The van der Waals surface area contributed by atoms with Crippen molar-refractivity contribution < 1.29 is 19.1 Å². The monoisotopic (exact) mass is 254 g/mol. The molecule has 0 radical (unpaired) electrons. The molecule has 1 N–H and O–H groups in total. The van der Waals surface area contributed by atoms with Gasteiger partial charge in [-0.15, -0.1) is 10.2 Å². The molecule has 0 fully saturated rings. The Morgan fingerprint density at radius 1 is 1.47 bits per heavy atom. The lowest BCUT2D eigenvalue weighted by Crippen LogP contribution is -1.95. The Hall–Kier alpha value is -2.08. The number of benzene rings is 1. The molecule has 0 aliphatic heterocycles. The van der Waals surface area contributed by atoms with Gasteiger partial charge in [0.25, 0.3) is 5.89 Å². The summed E-state index contributed by atoms with van der Waals surface area (Å²) in [6.45, 7) is 0. The van der Waals surface area contributed by atoms with Crippen molar-refractivity contribution in [1.29, 1.82) is 0 Å². The first-order chi connectivity index (χ1) is 8.11. The van der Waals surface area contributed by atoms with Crippen molar-refractivity contribution in [2.75, 3.05) is 7.11 Å². The van der Waals surface area contributed by atoms with Crippen LogP contribution in [0.25, 0.3) is 11.5 Å². The number of carbonyl (C=O) groups is 1. The van der Waals surface area contributed by atoms with E-state index in [4.69, 9.17) is 25.9 Å². The van der Waals surface area contributed by atoms with Gasteiger partial charge in [0.2, 0.25) is 0 Å². The maximum absolute atomic E-state index is 10.6. The Balaban J connectivity index is 2.51. The Bertz CT molecular complexity index is 567. The van der Waals surface area contributed by atoms with Crippen LogP contribution in [0, 0.1) is 0 Å². The molecular formula is C10H7ClN2O4. The normalized spacial score (nSPS) is 10.2. The summed E-state index contributed by atoms with van der Waals surface area (Å²) in [5.41, 5.74) is 0.444. The van der Waals surface area contributed by atoms with Crippen molar-refractivity contribution >= 4 is 17.6 Å². The summed E-state index contributed by atoms with van der Waals surface area (Å²) in [7, 11) is 1.47. The van der Waals surface area contributed by atoms with E-state index in [1.807, 2.05) is 0 Å². The van der Waals surface area contributed by atoms with Gasteiger partial charge in [-0.05, 0) is 18.2 Å². The Labute approximate surface area is 101 Å². The van der Waals surface area contributed by atoms with E-state index in [0.717, 1.165) is 0 Å². The fraction of sp³-hybridized carbons (Fsp3) is 0.100. The quantitative estimate of drug-likeness (QED) is 0.903. The van der Waals surface area contributed by atoms with E-state index in [9.17, 15) is 4.79 Å². The van der Waals surface area contributed by atoms with E-state index in [2.05, 4.69) is 10.2 Å². The van der Waals surface area contributed by atoms with E-state index in [1.54, 1.807) is 18.2 Å². The smallest absolute Gasteiger partial charge is 0.393 e. The van der Waals surface area contributed by atoms with Gasteiger partial charge in [0.15, 0.2) is 0 Å². The Morgan fingerprint density at radius 2 is 2.24 bits per heavy atom. The van der Waals surface area contributed by atoms with Gasteiger partial charge in [0.05, 0.1) is 12.7 Å². The van der Waals surface area contributed by atoms with Gasteiger partial charge in [0.1, 0.15) is 5.75 Å². The molecule has 0 amide bonds. The van der Waals surface area contributed by atoms with Crippen molar-refractivity contribution in [2.45, 2.75) is 0 Å². The molecule has 17 heavy (non-hydrogen) atoms. The van der Waals surface area contributed by atoms with Crippen molar-refractivity contribution in [3.8, 4) is 17.2 Å². The minimum atomic E-state index is -1.29. The minimum absolute atomic E-state index is 0.0433. The fourth-order valence-corrected chi connectivity index (χ4v) is 1.44. The number of carboxylic acids is 1. The standard InChI is InChI=1S/C10H7ClN2O4/c1-16-7-3-2-5(11)4-6(7)8-12-13-9(17-8)10(14)15/h2-4H,1H3,(H,14,15). The fourth-order valence-electron chi connectivity index (χ4n) is 1.27. The summed E-state index contributed by atoms with van der Waals surface area (Å²) < 4.78 is 10.1. The molecule has 0 unspecified atom stereocenters. The van der Waals surface area contributed by atoms with Gasteiger partial charge in [-0.1, -0.05) is 11.6 Å². The van der Waals surface area contributed by atoms with Gasteiger partial charge in [-0.25, -0.2) is 4.79 Å². The predicted molar refractivity (Wildman–Crippen MR) is 58.3 cm³/mol. The van der Waals surface area contributed by atoms with Crippen LogP contribution in [0.4, 0.5) is 0 Å². The number of ether oxygens (including phenoxy) is 1. The number of methoxy groups -OCH3 is 1. The van der Waals surface area contributed by atoms with Gasteiger partial charge < -0.3 is 14.3 Å². The third kappa shape index (κ3) is 2.21. The lowest BCUT2D eigenvalue weighted by Gasteiger charge is -2.04. The van der Waals surface area contributed by atoms with Crippen LogP contribution in [0.15, 0.2) is 22.6 Å². The van der Waals surface area contributed by atoms with Crippen molar-refractivity contribution in [1.82, 2.24) is 10.2 Å². The molecule has 0 atom stereocenters. The lowest BCUT2D eigenvalue weighted by atomic mass is 10.2. The molecular weight excluding hydrogens is 248 g/mol. The third-order valence-electron chi connectivity index (χ3n) is 2.00. The first-order valence-electron chi connectivity index (χ1n) is 4.52. The van der Waals surface area contributed by atoms with E-state index < -0.39 is 11.9 Å². The Kier molecular flexibility index (Phi) is 2.97. The number of aromatic carboxylic acids is 1. The topological polar surface area (TPSA) is 85.5 Å². The molecule has 2 aromatic rings. The largest absolute Gasteiger partial charge is 0.496 e. The molecule has 0 spiro atoms. The van der Waals surface area contributed by atoms with Gasteiger partial charge in [0, 0.05) is 5.02 Å². The Morgan fingerprint density at radius 3 is 2.82 bits per heavy atom. The summed E-state index contributed by atoms with van der Waals surface area (Å²) in [4.78, 5) is 10.6. The lowest BCUT2D eigenvalue weighted by molar-refractivity contribution is 0.0654. The maximum atomic E-state index is 10.6. The van der Waals surface area contributed by atoms with E-state index in [1.165, 1.54) is 7.11 Å². The number of aromatic nitrogens is 2. The highest BCUT2D eigenvalue weighted by Crippen LogP contribution is 2.31. The average Bonchev–Trinajstić information content (AvgIpc) is 2.78. The van der Waals surface area contributed by atoms with Gasteiger partial charge in [-0.2, -0.15) is 0 Å². The molecule has 0 saturated heterocycles. The number of hydrogen-bond donors (Lipinski definition) is 1. The molecule has 1 aromatic carbocycles. The number of rotatable bonds is 3. The van der Waals surface area contributed by atoms with Crippen LogP contribution >= 0.6 is 11.6 Å². The minimum Gasteiger partial charge on any atom is -0.496 e. The highest BCUT2D eigenvalue weighted by atomic mass is 35.5. The number of carboxylic acid groups (broad SMARTS) is 1. The molecule has 0 aliphatic rings. The van der Waals surface area contributed by atoms with Crippen LogP contribution in [-0.4, -0.2) is 28.4 Å². The highest BCUT2D eigenvalue weighted by Gasteiger charge is 2.17. The van der Waals surface area contributed by atoms with Crippen molar-refractivity contribution in [3.63, 3.8) is 0 Å². The number of halogens is 1. The molecule has 1 heterocycles. The van der Waals surface area contributed by atoms with Crippen LogP contribution in [-0.2, 0) is 0 Å². The highest BCUT2D eigenvalue weighted by molar-refractivity contribution is 6.30. The second kappa shape index (κ2) is 4.42. The molecule has 6 nitrogen and oxygen atoms in total. The summed E-state index contributed by atoms with van der Waals surface area (Å²) in [5.74, 6) is -1.26. The summed E-state index contributed by atoms with van der Waals surface area (Å²) in [6.07, 6.45) is 0. The third-order valence-corrected chi connectivity index (χ3v) is 2.23. The number of hydrogen-bond acceptors (Lipinski definition) is 5. The zero-order chi connectivity index (χ0) is 12.4. The summed E-state index contributed by atoms with van der Waals surface area (Å²) in [5, 5.41) is 16.1. The summed E-state index contributed by atoms with van der Waals surface area (Å²) >= 11 is 5.83. The van der Waals surface area contributed by atoms with E-state index in [0.29, 0.717) is 16.3 Å². The van der Waals surface area contributed by atoms with Crippen LogP contribution < -0.4 is 4.74 Å². The zero-order valence-corrected chi connectivity index (χ0v) is 9.43. The molecule has 1 aromatic heterocycles. The van der Waals surface area contributed by atoms with Gasteiger partial charge in [-0.3, -0.25) is 0 Å². The van der Waals surface area contributed by atoms with Crippen LogP contribution in [0.5, 0.6) is 5.75 Å². The molecule has 0 aliphatic carbocycles. The number of nitrogens with zero attached hydrogens (tertiary/aromatic N) is 2.